The standard InChI is InChI=1S/C30H28N3.C24H32N3.C20H24N3.C18H20N3.C11H13N2/c1-21-18-22(2)31-23(3)30(21)33-20-26(19-32(33)4)29-27(24-12-7-5-8-13-24)16-11-17-28(29)25-14-9-6-10-15-25;1-15(2)21-10-9-11-22(16(3)4)23(21)20-13-26(8)27(14-20)24-17(5)12-18(6)25-19(24)7;1-13-8-7-9-14(2)19(13)18-11-22(6)23(12-18)20-15(3)10-16(4)21-17(20)5;1-13-10-14(2)19-15(3)18(13)21-12-17(11-20(21)4)16-8-6-5-7-9-16;1-10-6-3-4-7-11(10)13-9-5-8-12(13)2/h5-20H,1-4H3;9-16H,1-8H3;7-12H,1-6H3;5-12H,1-4H3;3-9H,1-2H3/q5*+1. The van der Waals surface area contributed by atoms with Crippen molar-refractivity contribution in [3.63, 3.8) is 0 Å². The SMILES string of the molecule is Cc1cc(C)c(-n2cc(-c3c(-c4ccccc4)cccc3-c3ccccc3)c[n+]2C)c(C)n1.Cc1cc(C)c(-n2cc(-c3c(C(C)C)cccc3C(C)C)c[n+]2C)c(C)n1.Cc1cc(C)c(-n2cc(-c3c(C)cccc3C)c[n+]2C)c(C)n1.Cc1cc(C)c(-n2cc(-c3ccccc3)c[n+]2C)c(C)n1.Cc1ccccc1-n1ccc[n+]1C. The molecule has 9 aromatic heterocycles. The van der Waals surface area contributed by atoms with E-state index in [0.29, 0.717) is 11.8 Å². The minimum absolute atomic E-state index is 0.483. The minimum Gasteiger partial charge on any atom is -0.256 e. The van der Waals surface area contributed by atoms with E-state index in [4.69, 9.17) is 9.97 Å². The second-order valence-corrected chi connectivity index (χ2v) is 32.0. The van der Waals surface area contributed by atoms with Gasteiger partial charge >= 0.3 is 0 Å². The number of pyridine rings is 4. The predicted octanol–water partition coefficient (Wildman–Crippen LogP) is 21.0. The first-order chi connectivity index (χ1) is 56.0. The molecule has 0 spiro atoms. The Morgan fingerprint density at radius 3 is 0.915 bits per heavy atom. The summed E-state index contributed by atoms with van der Waals surface area (Å²) < 4.78 is 21.5. The van der Waals surface area contributed by atoms with Crippen molar-refractivity contribution in [2.75, 3.05) is 0 Å². The first-order valence-electron chi connectivity index (χ1n) is 40.7. The highest BCUT2D eigenvalue weighted by atomic mass is 15.4. The molecule has 0 radical (unpaired) electrons. The van der Waals surface area contributed by atoms with Crippen LogP contribution in [0.3, 0.4) is 0 Å². The second kappa shape index (κ2) is 36.3. The van der Waals surface area contributed by atoms with Gasteiger partial charge < -0.3 is 0 Å². The van der Waals surface area contributed by atoms with Gasteiger partial charge in [-0.1, -0.05) is 191 Å². The molecule has 14 nitrogen and oxygen atoms in total. The molecule has 594 valence electrons. The Hall–Kier alpha value is -12.8. The fourth-order valence-electron chi connectivity index (χ4n) is 16.8. The van der Waals surface area contributed by atoms with Crippen LogP contribution < -0.4 is 23.4 Å². The third-order valence-electron chi connectivity index (χ3n) is 21.9. The molecule has 0 aliphatic rings. The maximum Gasteiger partial charge on any atom is 0.203 e. The monoisotopic (exact) mass is 1550 g/mol. The quantitative estimate of drug-likeness (QED) is 0.107. The molecule has 117 heavy (non-hydrogen) atoms. The lowest BCUT2D eigenvalue weighted by Gasteiger charge is -2.18. The lowest BCUT2D eigenvalue weighted by molar-refractivity contribution is -0.744. The number of rotatable bonds is 13. The number of nitrogens with zero attached hydrogens (tertiary/aromatic N) is 14. The van der Waals surface area contributed by atoms with Gasteiger partial charge in [-0.2, -0.15) is 0 Å². The van der Waals surface area contributed by atoms with Crippen LogP contribution in [0, 0.1) is 104 Å². The predicted molar refractivity (Wildman–Crippen MR) is 478 cm³/mol. The van der Waals surface area contributed by atoms with E-state index in [9.17, 15) is 0 Å². The van der Waals surface area contributed by atoms with Crippen LogP contribution >= 0.6 is 0 Å². The first kappa shape index (κ1) is 83.6. The Labute approximate surface area is 694 Å². The molecule has 0 aliphatic carbocycles. The summed E-state index contributed by atoms with van der Waals surface area (Å²) in [5.74, 6) is 0.966. The molecule has 0 aliphatic heterocycles. The highest BCUT2D eigenvalue weighted by molar-refractivity contribution is 5.94. The molecule has 0 bridgehead atoms. The Morgan fingerprint density at radius 2 is 0.564 bits per heavy atom. The molecule has 0 fully saturated rings. The zero-order valence-electron chi connectivity index (χ0n) is 73.2. The van der Waals surface area contributed by atoms with Gasteiger partial charge in [0.1, 0.15) is 28.4 Å². The molecule has 16 aromatic rings. The molecule has 16 rings (SSSR count). The summed E-state index contributed by atoms with van der Waals surface area (Å²) in [5, 5.41) is 0. The second-order valence-electron chi connectivity index (χ2n) is 32.0. The van der Waals surface area contributed by atoms with Gasteiger partial charge in [-0.3, -0.25) is 19.9 Å². The van der Waals surface area contributed by atoms with Gasteiger partial charge in [0.05, 0.1) is 76.0 Å². The normalized spacial score (nSPS) is 11.1. The van der Waals surface area contributed by atoms with E-state index in [1.54, 1.807) is 0 Å². The molecule has 0 unspecified atom stereocenters. The van der Waals surface area contributed by atoms with Crippen LogP contribution in [-0.4, -0.2) is 43.3 Å². The third kappa shape index (κ3) is 18.6. The molecule has 9 heterocycles. The van der Waals surface area contributed by atoms with Gasteiger partial charge in [-0.15, -0.1) is 46.8 Å². The summed E-state index contributed by atoms with van der Waals surface area (Å²) in [5.41, 5.74) is 40.9. The summed E-state index contributed by atoms with van der Waals surface area (Å²) in [6, 6.07) is 70.5. The Kier molecular flexibility index (Phi) is 26.0. The number of aryl methyl sites for hydroxylation is 20. The summed E-state index contributed by atoms with van der Waals surface area (Å²) in [4.78, 5) is 18.7. The Balaban J connectivity index is 0.000000138. The summed E-state index contributed by atoms with van der Waals surface area (Å²) in [7, 11) is 10.4. The number of benzene rings is 7. The first-order valence-corrected chi connectivity index (χ1v) is 40.7. The number of para-hydroxylation sites is 1. The van der Waals surface area contributed by atoms with Gasteiger partial charge in [0.25, 0.3) is 0 Å². The van der Waals surface area contributed by atoms with Gasteiger partial charge in [0.15, 0.2) is 41.4 Å². The number of hydrogen-bond acceptors (Lipinski definition) is 4. The lowest BCUT2D eigenvalue weighted by Crippen LogP contribution is -2.37. The van der Waals surface area contributed by atoms with Crippen molar-refractivity contribution in [2.45, 2.75) is 143 Å². The average Bonchev–Trinajstić information content (AvgIpc) is 1.50. The van der Waals surface area contributed by atoms with E-state index in [-0.39, 0.29) is 0 Å². The largest absolute Gasteiger partial charge is 0.256 e. The van der Waals surface area contributed by atoms with Crippen molar-refractivity contribution >= 4 is 0 Å². The molecular formula is C103H117N14+5. The topological polar surface area (TPSA) is 95.6 Å². The van der Waals surface area contributed by atoms with Crippen LogP contribution in [0.2, 0.25) is 0 Å². The van der Waals surface area contributed by atoms with Gasteiger partial charge in [-0.25, -0.2) is 0 Å². The minimum atomic E-state index is 0.483. The maximum atomic E-state index is 4.73. The Morgan fingerprint density at radius 1 is 0.256 bits per heavy atom. The van der Waals surface area contributed by atoms with Crippen molar-refractivity contribution in [2.24, 2.45) is 35.2 Å². The zero-order chi connectivity index (χ0) is 83.8. The van der Waals surface area contributed by atoms with E-state index >= 15 is 0 Å². The molecular weight excluding hydrogens is 1430 g/mol. The third-order valence-corrected chi connectivity index (χ3v) is 21.9. The van der Waals surface area contributed by atoms with Crippen LogP contribution in [0.4, 0.5) is 0 Å². The van der Waals surface area contributed by atoms with E-state index in [1.807, 2.05) is 46.1 Å². The Bertz CT molecular complexity index is 6000. The van der Waals surface area contributed by atoms with Gasteiger partial charge in [0.2, 0.25) is 24.8 Å². The molecule has 0 atom stereocenters. The van der Waals surface area contributed by atoms with Crippen LogP contribution in [-0.2, 0) is 35.2 Å². The number of hydrogen-bond donors (Lipinski definition) is 0. The smallest absolute Gasteiger partial charge is 0.203 e. The van der Waals surface area contributed by atoms with E-state index < -0.39 is 0 Å². The van der Waals surface area contributed by atoms with Crippen molar-refractivity contribution in [3.05, 3.63) is 358 Å². The highest BCUT2D eigenvalue weighted by Gasteiger charge is 2.27. The highest BCUT2D eigenvalue weighted by Crippen LogP contribution is 2.41. The van der Waals surface area contributed by atoms with Gasteiger partial charge in [0, 0.05) is 34.4 Å². The zero-order valence-corrected chi connectivity index (χ0v) is 73.2. The van der Waals surface area contributed by atoms with E-state index in [1.165, 1.54) is 128 Å². The fourth-order valence-corrected chi connectivity index (χ4v) is 16.8. The summed E-state index contributed by atoms with van der Waals surface area (Å²) in [6.07, 6.45) is 21.8. The lowest BCUT2D eigenvalue weighted by atomic mass is 9.86. The molecule has 0 saturated carbocycles. The molecule has 0 amide bonds. The number of aromatic nitrogens is 14. The molecule has 0 saturated heterocycles. The molecule has 14 heteroatoms. The van der Waals surface area contributed by atoms with Crippen LogP contribution in [0.5, 0.6) is 0 Å². The average molecular weight is 1550 g/mol. The van der Waals surface area contributed by atoms with Crippen molar-refractivity contribution < 1.29 is 23.4 Å². The summed E-state index contributed by atoms with van der Waals surface area (Å²) >= 11 is 0. The van der Waals surface area contributed by atoms with Crippen molar-refractivity contribution in [3.8, 4) is 95.2 Å². The molecule has 7 aromatic carbocycles. The fraction of sp³-hybridized carbons (Fsp3) is 0.252. The van der Waals surface area contributed by atoms with Crippen LogP contribution in [0.1, 0.15) is 135 Å². The van der Waals surface area contributed by atoms with E-state index in [0.717, 1.165) is 62.6 Å². The molecule has 0 N–H and O–H groups in total. The van der Waals surface area contributed by atoms with E-state index in [2.05, 4.69) is 440 Å². The van der Waals surface area contributed by atoms with Crippen molar-refractivity contribution in [1.29, 1.82) is 0 Å². The maximum absolute atomic E-state index is 4.73. The van der Waals surface area contributed by atoms with Crippen LogP contribution in [0.25, 0.3) is 95.2 Å². The van der Waals surface area contributed by atoms with Crippen LogP contribution in [0.15, 0.2) is 262 Å². The van der Waals surface area contributed by atoms with Crippen molar-refractivity contribution in [1.82, 2.24) is 43.3 Å². The summed E-state index contributed by atoms with van der Waals surface area (Å²) in [6.45, 7) is 40.7. The van der Waals surface area contributed by atoms with Gasteiger partial charge in [-0.05, 0) is 235 Å².